The largest absolute Gasteiger partial charge is 0.371 e. The summed E-state index contributed by atoms with van der Waals surface area (Å²) in [7, 11) is 0. The molecule has 3 nitrogen and oxygen atoms in total. The molecule has 1 aromatic carbocycles. The fraction of sp³-hybridized carbons (Fsp3) is 0.526. The number of halogens is 1. The molecule has 2 aliphatic rings. The molecule has 3 heterocycles. The van der Waals surface area contributed by atoms with Crippen LogP contribution in [0.25, 0.3) is 10.9 Å². The fourth-order valence-corrected chi connectivity index (χ4v) is 4.24. The zero-order valence-electron chi connectivity index (χ0n) is 13.5. The molecule has 0 unspecified atom stereocenters. The summed E-state index contributed by atoms with van der Waals surface area (Å²) in [5.74, 6) is 0.862. The van der Waals surface area contributed by atoms with Crippen LogP contribution in [0.3, 0.4) is 0 Å². The van der Waals surface area contributed by atoms with Gasteiger partial charge < -0.3 is 9.80 Å². The average molecular weight is 330 g/mol. The standard InChI is InChI=1S/C19H24ClN3/c20-16-3-4-18-17(13-16)19(5-8-21-18)23-11-6-15(7-12-23)14-22-9-1-2-10-22/h3-5,8,13,15H,1-2,6-7,9-12,14H2. The number of likely N-dealkylation sites (tertiary alicyclic amines) is 1. The van der Waals surface area contributed by atoms with E-state index in [0.29, 0.717) is 0 Å². The number of benzene rings is 1. The highest BCUT2D eigenvalue weighted by Gasteiger charge is 2.23. The van der Waals surface area contributed by atoms with Gasteiger partial charge in [-0.15, -0.1) is 0 Å². The van der Waals surface area contributed by atoms with Gasteiger partial charge >= 0.3 is 0 Å². The number of piperidine rings is 1. The number of hydrogen-bond acceptors (Lipinski definition) is 3. The molecular formula is C19H24ClN3. The van der Waals surface area contributed by atoms with Gasteiger partial charge in [0.15, 0.2) is 0 Å². The first-order valence-electron chi connectivity index (χ1n) is 8.81. The van der Waals surface area contributed by atoms with E-state index in [-0.39, 0.29) is 0 Å². The average Bonchev–Trinajstić information content (AvgIpc) is 3.08. The van der Waals surface area contributed by atoms with Crippen molar-refractivity contribution in [3.05, 3.63) is 35.5 Å². The Hall–Kier alpha value is -1.32. The molecule has 0 N–H and O–H groups in total. The Morgan fingerprint density at radius 1 is 1.04 bits per heavy atom. The summed E-state index contributed by atoms with van der Waals surface area (Å²) in [6.07, 6.45) is 7.29. The lowest BCUT2D eigenvalue weighted by Crippen LogP contribution is -2.38. The number of anilines is 1. The van der Waals surface area contributed by atoms with Crippen LogP contribution in [-0.2, 0) is 0 Å². The summed E-state index contributed by atoms with van der Waals surface area (Å²) in [4.78, 5) is 9.64. The Labute approximate surface area is 143 Å². The SMILES string of the molecule is Clc1ccc2nccc(N3CCC(CN4CCCC4)CC3)c2c1. The third kappa shape index (κ3) is 3.31. The molecule has 0 radical (unpaired) electrons. The van der Waals surface area contributed by atoms with Gasteiger partial charge in [-0.3, -0.25) is 4.98 Å². The predicted octanol–water partition coefficient (Wildman–Crippen LogP) is 4.20. The number of fused-ring (bicyclic) bond motifs is 1. The molecule has 2 saturated heterocycles. The molecule has 2 aliphatic heterocycles. The van der Waals surface area contributed by atoms with Crippen LogP contribution in [-0.4, -0.2) is 42.6 Å². The van der Waals surface area contributed by atoms with Crippen molar-refractivity contribution in [2.24, 2.45) is 5.92 Å². The minimum absolute atomic E-state index is 0.788. The summed E-state index contributed by atoms with van der Waals surface area (Å²) in [5, 5.41) is 1.97. The highest BCUT2D eigenvalue weighted by atomic mass is 35.5. The van der Waals surface area contributed by atoms with E-state index in [1.165, 1.54) is 56.4 Å². The maximum Gasteiger partial charge on any atom is 0.0723 e. The predicted molar refractivity (Wildman–Crippen MR) is 97.4 cm³/mol. The highest BCUT2D eigenvalue weighted by molar-refractivity contribution is 6.31. The Balaban J connectivity index is 1.47. The maximum atomic E-state index is 6.20. The van der Waals surface area contributed by atoms with Crippen molar-refractivity contribution < 1.29 is 0 Å². The maximum absolute atomic E-state index is 6.20. The van der Waals surface area contributed by atoms with Gasteiger partial charge in [0.25, 0.3) is 0 Å². The van der Waals surface area contributed by atoms with Crippen molar-refractivity contribution >= 4 is 28.2 Å². The van der Waals surface area contributed by atoms with E-state index in [4.69, 9.17) is 11.6 Å². The summed E-state index contributed by atoms with van der Waals surface area (Å²) < 4.78 is 0. The van der Waals surface area contributed by atoms with Crippen LogP contribution < -0.4 is 4.90 Å². The fourth-order valence-electron chi connectivity index (χ4n) is 4.07. The number of hydrogen-bond donors (Lipinski definition) is 0. The lowest BCUT2D eigenvalue weighted by atomic mass is 9.95. The lowest BCUT2D eigenvalue weighted by molar-refractivity contribution is 0.249. The second-order valence-corrected chi connectivity index (χ2v) is 7.37. The molecule has 0 bridgehead atoms. The Kier molecular flexibility index (Phi) is 4.41. The molecule has 2 aromatic rings. The van der Waals surface area contributed by atoms with Crippen LogP contribution in [0.15, 0.2) is 30.5 Å². The molecule has 0 amide bonds. The minimum atomic E-state index is 0.788. The summed E-state index contributed by atoms with van der Waals surface area (Å²) >= 11 is 6.20. The quantitative estimate of drug-likeness (QED) is 0.841. The Bertz CT molecular complexity index is 673. The molecule has 4 rings (SSSR count). The van der Waals surface area contributed by atoms with Crippen molar-refractivity contribution in [1.82, 2.24) is 9.88 Å². The van der Waals surface area contributed by atoms with Crippen molar-refractivity contribution in [2.75, 3.05) is 37.6 Å². The molecule has 122 valence electrons. The van der Waals surface area contributed by atoms with Gasteiger partial charge in [0.2, 0.25) is 0 Å². The van der Waals surface area contributed by atoms with E-state index < -0.39 is 0 Å². The number of aromatic nitrogens is 1. The molecule has 0 spiro atoms. The van der Waals surface area contributed by atoms with Crippen LogP contribution in [0, 0.1) is 5.92 Å². The van der Waals surface area contributed by atoms with Gasteiger partial charge in [-0.25, -0.2) is 0 Å². The van der Waals surface area contributed by atoms with Crippen molar-refractivity contribution in [3.63, 3.8) is 0 Å². The Morgan fingerprint density at radius 3 is 2.61 bits per heavy atom. The number of pyridine rings is 1. The second kappa shape index (κ2) is 6.66. The number of rotatable bonds is 3. The zero-order valence-corrected chi connectivity index (χ0v) is 14.3. The van der Waals surface area contributed by atoms with E-state index in [2.05, 4.69) is 26.9 Å². The second-order valence-electron chi connectivity index (χ2n) is 6.93. The van der Waals surface area contributed by atoms with E-state index in [1.807, 2.05) is 18.3 Å². The van der Waals surface area contributed by atoms with Gasteiger partial charge in [0, 0.05) is 41.9 Å². The first-order chi connectivity index (χ1) is 11.3. The van der Waals surface area contributed by atoms with Gasteiger partial charge in [-0.05, 0) is 69.0 Å². The lowest BCUT2D eigenvalue weighted by Gasteiger charge is -2.35. The topological polar surface area (TPSA) is 19.4 Å². The number of nitrogens with zero attached hydrogens (tertiary/aromatic N) is 3. The highest BCUT2D eigenvalue weighted by Crippen LogP contribution is 2.31. The van der Waals surface area contributed by atoms with E-state index >= 15 is 0 Å². The smallest absolute Gasteiger partial charge is 0.0723 e. The van der Waals surface area contributed by atoms with Crippen LogP contribution >= 0.6 is 11.6 Å². The molecule has 2 fully saturated rings. The van der Waals surface area contributed by atoms with Gasteiger partial charge in [0.1, 0.15) is 0 Å². The van der Waals surface area contributed by atoms with E-state index in [0.717, 1.165) is 29.5 Å². The zero-order chi connectivity index (χ0) is 15.6. The molecule has 23 heavy (non-hydrogen) atoms. The molecule has 0 aliphatic carbocycles. The third-order valence-corrected chi connectivity index (χ3v) is 5.59. The molecule has 1 aromatic heterocycles. The van der Waals surface area contributed by atoms with Crippen LogP contribution in [0.5, 0.6) is 0 Å². The first-order valence-corrected chi connectivity index (χ1v) is 9.19. The summed E-state index contributed by atoms with van der Waals surface area (Å²) in [6.45, 7) is 6.21. The first kappa shape index (κ1) is 15.2. The summed E-state index contributed by atoms with van der Waals surface area (Å²) in [6, 6.07) is 8.12. The van der Waals surface area contributed by atoms with Crippen molar-refractivity contribution in [3.8, 4) is 0 Å². The van der Waals surface area contributed by atoms with E-state index in [1.54, 1.807) is 0 Å². The molecule has 0 saturated carbocycles. The minimum Gasteiger partial charge on any atom is -0.371 e. The molecular weight excluding hydrogens is 306 g/mol. The van der Waals surface area contributed by atoms with Crippen molar-refractivity contribution in [2.45, 2.75) is 25.7 Å². The monoisotopic (exact) mass is 329 g/mol. The van der Waals surface area contributed by atoms with Crippen LogP contribution in [0.1, 0.15) is 25.7 Å². The molecule has 0 atom stereocenters. The third-order valence-electron chi connectivity index (χ3n) is 5.35. The van der Waals surface area contributed by atoms with Crippen LogP contribution in [0.2, 0.25) is 5.02 Å². The normalized spacial score (nSPS) is 20.5. The Morgan fingerprint density at radius 2 is 1.83 bits per heavy atom. The van der Waals surface area contributed by atoms with E-state index in [9.17, 15) is 0 Å². The summed E-state index contributed by atoms with van der Waals surface area (Å²) in [5.41, 5.74) is 2.32. The van der Waals surface area contributed by atoms with Crippen LogP contribution in [0.4, 0.5) is 5.69 Å². The van der Waals surface area contributed by atoms with Gasteiger partial charge in [0.05, 0.1) is 5.52 Å². The van der Waals surface area contributed by atoms with Gasteiger partial charge in [-0.1, -0.05) is 11.6 Å². The van der Waals surface area contributed by atoms with Gasteiger partial charge in [-0.2, -0.15) is 0 Å². The molecule has 4 heteroatoms. The van der Waals surface area contributed by atoms with Crippen molar-refractivity contribution in [1.29, 1.82) is 0 Å².